The number of nitrogens with zero attached hydrogens (tertiary/aromatic N) is 3. The highest BCUT2D eigenvalue weighted by atomic mass is 16.6. The Morgan fingerprint density at radius 2 is 2.21 bits per heavy atom. The lowest BCUT2D eigenvalue weighted by Crippen LogP contribution is -2.52. The van der Waals surface area contributed by atoms with Crippen LogP contribution in [0.2, 0.25) is 0 Å². The molecule has 0 atom stereocenters. The van der Waals surface area contributed by atoms with Crippen LogP contribution in [0.3, 0.4) is 0 Å². The molecule has 2 N–H and O–H groups in total. The Bertz CT molecular complexity index is 641. The molecule has 0 amide bonds. The van der Waals surface area contributed by atoms with E-state index in [4.69, 9.17) is 5.11 Å². The van der Waals surface area contributed by atoms with Crippen molar-refractivity contribution >= 4 is 17.5 Å². The van der Waals surface area contributed by atoms with E-state index in [1.807, 2.05) is 0 Å². The van der Waals surface area contributed by atoms with Gasteiger partial charge >= 0.3 is 5.97 Å². The van der Waals surface area contributed by atoms with Crippen molar-refractivity contribution in [3.8, 4) is 0 Å². The van der Waals surface area contributed by atoms with Crippen LogP contribution in [0.5, 0.6) is 0 Å². The first-order valence-corrected chi connectivity index (χ1v) is 8.25. The summed E-state index contributed by atoms with van der Waals surface area (Å²) < 4.78 is 0. The highest BCUT2D eigenvalue weighted by Crippen LogP contribution is 2.34. The number of nitro groups is 1. The van der Waals surface area contributed by atoms with E-state index >= 15 is 0 Å². The number of carboxylic acid groups (broad SMARTS) is 1. The molecule has 0 radical (unpaired) electrons. The molecular formula is C16H22N4O4. The molecular weight excluding hydrogens is 312 g/mol. The van der Waals surface area contributed by atoms with Gasteiger partial charge in [-0.25, -0.2) is 4.98 Å². The Labute approximate surface area is 140 Å². The van der Waals surface area contributed by atoms with Crippen LogP contribution in [-0.4, -0.2) is 51.1 Å². The minimum atomic E-state index is -0.778. The molecule has 0 bridgehead atoms. The number of carbonyl (C=O) groups is 1. The second kappa shape index (κ2) is 6.72. The molecule has 1 aromatic heterocycles. The maximum atomic E-state index is 11.0. The fourth-order valence-corrected chi connectivity index (χ4v) is 3.16. The van der Waals surface area contributed by atoms with Crippen molar-refractivity contribution in [1.29, 1.82) is 0 Å². The third kappa shape index (κ3) is 4.00. The fraction of sp³-hybridized carbons (Fsp3) is 0.625. The highest BCUT2D eigenvalue weighted by Gasteiger charge is 2.37. The van der Waals surface area contributed by atoms with Gasteiger partial charge in [0.2, 0.25) is 0 Å². The number of hydrogen-bond acceptors (Lipinski definition) is 6. The number of aryl methyl sites for hydroxylation is 1. The zero-order chi connectivity index (χ0) is 17.3. The number of carboxylic acids is 1. The summed E-state index contributed by atoms with van der Waals surface area (Å²) in [7, 11) is 0. The number of anilines is 1. The second-order valence-electron chi connectivity index (χ2n) is 6.85. The summed E-state index contributed by atoms with van der Waals surface area (Å²) in [6, 6.07) is 2.03. The first-order chi connectivity index (χ1) is 11.4. The largest absolute Gasteiger partial charge is 0.480 e. The topological polar surface area (TPSA) is 109 Å². The fourth-order valence-electron chi connectivity index (χ4n) is 3.16. The van der Waals surface area contributed by atoms with Crippen LogP contribution in [0, 0.1) is 23.0 Å². The van der Waals surface area contributed by atoms with Crippen LogP contribution in [0.4, 0.5) is 11.5 Å². The van der Waals surface area contributed by atoms with E-state index in [9.17, 15) is 14.9 Å². The summed E-state index contributed by atoms with van der Waals surface area (Å²) in [5, 5.41) is 23.1. The van der Waals surface area contributed by atoms with Gasteiger partial charge in [0.25, 0.3) is 5.69 Å². The maximum absolute atomic E-state index is 11.0. The summed E-state index contributed by atoms with van der Waals surface area (Å²) >= 11 is 0. The van der Waals surface area contributed by atoms with E-state index in [-0.39, 0.29) is 24.3 Å². The van der Waals surface area contributed by atoms with Crippen LogP contribution in [0.25, 0.3) is 0 Å². The van der Waals surface area contributed by atoms with Crippen molar-refractivity contribution in [2.45, 2.75) is 44.7 Å². The lowest BCUT2D eigenvalue weighted by Gasteiger charge is -2.43. The second-order valence-corrected chi connectivity index (χ2v) is 6.85. The number of hydrogen-bond donors (Lipinski definition) is 2. The van der Waals surface area contributed by atoms with Gasteiger partial charge in [-0.2, -0.15) is 0 Å². The number of aliphatic carboxylic acids is 1. The maximum Gasteiger partial charge on any atom is 0.317 e. The van der Waals surface area contributed by atoms with Gasteiger partial charge < -0.3 is 10.4 Å². The Kier molecular flexibility index (Phi) is 4.66. The summed E-state index contributed by atoms with van der Waals surface area (Å²) in [6.45, 7) is 2.77. The monoisotopic (exact) mass is 334 g/mol. The minimum Gasteiger partial charge on any atom is -0.480 e. The van der Waals surface area contributed by atoms with Gasteiger partial charge in [0.15, 0.2) is 0 Å². The van der Waals surface area contributed by atoms with Crippen molar-refractivity contribution < 1.29 is 14.8 Å². The van der Waals surface area contributed by atoms with E-state index in [0.29, 0.717) is 11.7 Å². The molecule has 0 aliphatic heterocycles. The normalized spacial score (nSPS) is 22.9. The first kappa shape index (κ1) is 16.6. The van der Waals surface area contributed by atoms with Crippen LogP contribution < -0.4 is 5.32 Å². The molecule has 130 valence electrons. The first-order valence-electron chi connectivity index (χ1n) is 8.25. The molecule has 8 nitrogen and oxygen atoms in total. The van der Waals surface area contributed by atoms with Crippen molar-refractivity contribution in [3.63, 3.8) is 0 Å². The van der Waals surface area contributed by atoms with Gasteiger partial charge in [-0.1, -0.05) is 0 Å². The van der Waals surface area contributed by atoms with Crippen molar-refractivity contribution in [1.82, 2.24) is 9.88 Å². The molecule has 0 saturated heterocycles. The highest BCUT2D eigenvalue weighted by molar-refractivity contribution is 5.69. The average Bonchev–Trinajstić information content (AvgIpc) is 3.26. The van der Waals surface area contributed by atoms with Crippen molar-refractivity contribution in [2.24, 2.45) is 5.92 Å². The summed E-state index contributed by atoms with van der Waals surface area (Å²) in [5.41, 5.74) is 0.731. The molecule has 24 heavy (non-hydrogen) atoms. The molecule has 0 aromatic carbocycles. The summed E-state index contributed by atoms with van der Waals surface area (Å²) in [4.78, 5) is 27.5. The molecule has 2 aliphatic carbocycles. The van der Waals surface area contributed by atoms with Gasteiger partial charge in [-0.05, 0) is 44.1 Å². The smallest absolute Gasteiger partial charge is 0.317 e. The van der Waals surface area contributed by atoms with E-state index in [1.54, 1.807) is 6.92 Å². The number of pyridine rings is 1. The third-order valence-electron chi connectivity index (χ3n) is 4.77. The number of aromatic nitrogens is 1. The Hall–Kier alpha value is -2.22. The molecule has 1 aromatic rings. The van der Waals surface area contributed by atoms with Crippen molar-refractivity contribution in [3.05, 3.63) is 27.9 Å². The lowest BCUT2D eigenvalue weighted by molar-refractivity contribution is -0.385. The van der Waals surface area contributed by atoms with Crippen LogP contribution in [-0.2, 0) is 4.79 Å². The molecule has 2 fully saturated rings. The van der Waals surface area contributed by atoms with E-state index in [1.165, 1.54) is 25.1 Å². The SMILES string of the molecule is Cc1cc([N+](=O)[O-])cnc1NC1CC(N(CC(=O)O)CC2CC2)C1. The van der Waals surface area contributed by atoms with Crippen LogP contribution in [0.15, 0.2) is 12.3 Å². The van der Waals surface area contributed by atoms with Crippen LogP contribution in [0.1, 0.15) is 31.2 Å². The minimum absolute atomic E-state index is 0.0124. The van der Waals surface area contributed by atoms with E-state index in [2.05, 4.69) is 15.2 Å². The predicted octanol–water partition coefficient (Wildman–Crippen LogP) is 2.04. The molecule has 2 aliphatic rings. The molecule has 0 unspecified atom stereocenters. The lowest BCUT2D eigenvalue weighted by atomic mass is 9.85. The van der Waals surface area contributed by atoms with Gasteiger partial charge in [0, 0.05) is 24.7 Å². The summed E-state index contributed by atoms with van der Waals surface area (Å²) in [5.74, 6) is 0.547. The van der Waals surface area contributed by atoms with E-state index < -0.39 is 10.9 Å². The van der Waals surface area contributed by atoms with Gasteiger partial charge in [0.1, 0.15) is 12.0 Å². The predicted molar refractivity (Wildman–Crippen MR) is 88.0 cm³/mol. The zero-order valence-corrected chi connectivity index (χ0v) is 13.6. The average molecular weight is 334 g/mol. The summed E-state index contributed by atoms with van der Waals surface area (Å²) in [6.07, 6.45) is 5.42. The molecule has 3 rings (SSSR count). The number of rotatable bonds is 8. The zero-order valence-electron chi connectivity index (χ0n) is 13.6. The number of nitrogens with one attached hydrogen (secondary N) is 1. The molecule has 8 heteroatoms. The third-order valence-corrected chi connectivity index (χ3v) is 4.77. The molecule has 1 heterocycles. The molecule has 2 saturated carbocycles. The Morgan fingerprint density at radius 3 is 2.75 bits per heavy atom. The Morgan fingerprint density at radius 1 is 1.50 bits per heavy atom. The molecule has 0 spiro atoms. The van der Waals surface area contributed by atoms with Crippen molar-refractivity contribution in [2.75, 3.05) is 18.4 Å². The van der Waals surface area contributed by atoms with Gasteiger partial charge in [-0.15, -0.1) is 0 Å². The van der Waals surface area contributed by atoms with Gasteiger partial charge in [-0.3, -0.25) is 19.8 Å². The standard InChI is InChI=1S/C16H22N4O4/c1-10-4-14(20(23)24)7-17-16(10)18-12-5-13(6-12)19(9-15(21)22)8-11-2-3-11/h4,7,11-13H,2-3,5-6,8-9H2,1H3,(H,17,18)(H,21,22). The van der Waals surface area contributed by atoms with Crippen LogP contribution >= 0.6 is 0 Å². The van der Waals surface area contributed by atoms with E-state index in [0.717, 1.165) is 24.9 Å². The Balaban J connectivity index is 1.54. The quantitative estimate of drug-likeness (QED) is 0.553. The van der Waals surface area contributed by atoms with Gasteiger partial charge in [0.05, 0.1) is 11.5 Å².